The summed E-state index contributed by atoms with van der Waals surface area (Å²) < 4.78 is 49.3. The van der Waals surface area contributed by atoms with E-state index in [0.717, 1.165) is 0 Å². The monoisotopic (exact) mass is 510 g/mol. The lowest BCUT2D eigenvalue weighted by molar-refractivity contribution is 0.102. The molecule has 0 saturated carbocycles. The second-order valence-electron chi connectivity index (χ2n) is 7.29. The summed E-state index contributed by atoms with van der Waals surface area (Å²) in [5.74, 6) is 1.02. The number of rotatable bonds is 9. The third kappa shape index (κ3) is 5.39. The number of anilines is 2. The number of carbonyl (C=O) groups is 1. The topological polar surface area (TPSA) is 142 Å². The van der Waals surface area contributed by atoms with Crippen LogP contribution in [0.2, 0.25) is 0 Å². The first kappa shape index (κ1) is 24.5. The molecule has 0 radical (unpaired) electrons. The molecule has 0 aliphatic heterocycles. The number of para-hydroxylation sites is 1. The van der Waals surface area contributed by atoms with Gasteiger partial charge in [0.15, 0.2) is 0 Å². The molecule has 0 saturated heterocycles. The molecule has 2 N–H and O–H groups in total. The van der Waals surface area contributed by atoms with Gasteiger partial charge in [0.1, 0.15) is 17.2 Å². The van der Waals surface area contributed by atoms with E-state index in [0.29, 0.717) is 22.8 Å². The minimum absolute atomic E-state index is 0.00812. The van der Waals surface area contributed by atoms with E-state index in [2.05, 4.69) is 20.2 Å². The summed E-state index contributed by atoms with van der Waals surface area (Å²) in [6, 6.07) is 16.8. The first-order valence-corrected chi connectivity index (χ1v) is 12.0. The summed E-state index contributed by atoms with van der Waals surface area (Å²) in [5.41, 5.74) is 0.646. The minimum atomic E-state index is -3.97. The Morgan fingerprint density at radius 3 is 2.11 bits per heavy atom. The SMILES string of the molecule is COc1ccc(S(=O)(=O)Nc2ccccc2C(=O)Nc2nnc(-c3cc(OC)cc(OC)c3)o2)cc1. The Kier molecular flexibility index (Phi) is 7.06. The minimum Gasteiger partial charge on any atom is -0.497 e. The fourth-order valence-electron chi connectivity index (χ4n) is 3.21. The number of aromatic nitrogens is 2. The summed E-state index contributed by atoms with van der Waals surface area (Å²) >= 11 is 0. The van der Waals surface area contributed by atoms with Gasteiger partial charge in [0.05, 0.1) is 37.5 Å². The lowest BCUT2D eigenvalue weighted by Crippen LogP contribution is -2.18. The standard InChI is InChI=1S/C24H22N4O7S/c1-32-16-8-10-19(11-9-16)36(30,31)28-21-7-5-4-6-20(21)22(29)25-24-27-26-23(35-24)15-12-17(33-2)14-18(13-15)34-3/h4-14,28H,1-3H3,(H,25,27,29). The van der Waals surface area contributed by atoms with Gasteiger partial charge in [0, 0.05) is 11.6 Å². The van der Waals surface area contributed by atoms with Crippen LogP contribution in [0.25, 0.3) is 11.5 Å². The van der Waals surface area contributed by atoms with Crippen molar-refractivity contribution in [3.05, 3.63) is 72.3 Å². The molecule has 0 bridgehead atoms. The van der Waals surface area contributed by atoms with Crippen LogP contribution in [0.4, 0.5) is 11.7 Å². The maximum absolute atomic E-state index is 13.0. The van der Waals surface area contributed by atoms with Gasteiger partial charge in [-0.3, -0.25) is 14.8 Å². The van der Waals surface area contributed by atoms with Gasteiger partial charge in [-0.25, -0.2) is 8.42 Å². The van der Waals surface area contributed by atoms with E-state index in [1.807, 2.05) is 0 Å². The molecular formula is C24H22N4O7S. The fourth-order valence-corrected chi connectivity index (χ4v) is 4.29. The third-order valence-corrected chi connectivity index (χ3v) is 6.41. The first-order chi connectivity index (χ1) is 17.3. The quantitative estimate of drug-likeness (QED) is 0.344. The molecule has 1 amide bonds. The average molecular weight is 511 g/mol. The highest BCUT2D eigenvalue weighted by Crippen LogP contribution is 2.30. The molecule has 1 aromatic heterocycles. The molecule has 0 fully saturated rings. The average Bonchev–Trinajstić information content (AvgIpc) is 3.37. The van der Waals surface area contributed by atoms with Gasteiger partial charge in [-0.2, -0.15) is 0 Å². The van der Waals surface area contributed by atoms with Crippen LogP contribution < -0.4 is 24.2 Å². The molecular weight excluding hydrogens is 488 g/mol. The van der Waals surface area contributed by atoms with Gasteiger partial charge in [0.2, 0.25) is 5.89 Å². The number of nitrogens with one attached hydrogen (secondary N) is 2. The molecule has 0 aliphatic carbocycles. The van der Waals surface area contributed by atoms with E-state index in [1.54, 1.807) is 30.3 Å². The largest absolute Gasteiger partial charge is 0.497 e. The summed E-state index contributed by atoms with van der Waals surface area (Å²) in [5, 5.41) is 10.3. The Bertz CT molecular complexity index is 1460. The lowest BCUT2D eigenvalue weighted by Gasteiger charge is -2.12. The van der Waals surface area contributed by atoms with Crippen LogP contribution in [0.15, 0.2) is 76.0 Å². The van der Waals surface area contributed by atoms with Crippen LogP contribution in [-0.2, 0) is 10.0 Å². The second kappa shape index (κ2) is 10.4. The summed E-state index contributed by atoms with van der Waals surface area (Å²) in [6.45, 7) is 0. The van der Waals surface area contributed by atoms with Gasteiger partial charge < -0.3 is 18.6 Å². The van der Waals surface area contributed by atoms with Crippen LogP contribution in [0.3, 0.4) is 0 Å². The van der Waals surface area contributed by atoms with Gasteiger partial charge >= 0.3 is 6.01 Å². The van der Waals surface area contributed by atoms with Crippen molar-refractivity contribution in [2.45, 2.75) is 4.90 Å². The van der Waals surface area contributed by atoms with Gasteiger partial charge in [-0.1, -0.05) is 17.2 Å². The number of nitrogens with zero attached hydrogens (tertiary/aromatic N) is 2. The number of hydrogen-bond acceptors (Lipinski definition) is 9. The van der Waals surface area contributed by atoms with Crippen molar-refractivity contribution in [1.29, 1.82) is 0 Å². The highest BCUT2D eigenvalue weighted by atomic mass is 32.2. The van der Waals surface area contributed by atoms with Crippen molar-refractivity contribution in [3.63, 3.8) is 0 Å². The van der Waals surface area contributed by atoms with E-state index in [4.69, 9.17) is 18.6 Å². The second-order valence-corrected chi connectivity index (χ2v) is 8.98. The molecule has 186 valence electrons. The van der Waals surface area contributed by atoms with Crippen LogP contribution in [0, 0.1) is 0 Å². The Hall–Kier alpha value is -4.58. The number of amides is 1. The highest BCUT2D eigenvalue weighted by molar-refractivity contribution is 7.92. The number of carbonyl (C=O) groups excluding carboxylic acids is 1. The maximum Gasteiger partial charge on any atom is 0.322 e. The number of ether oxygens (including phenoxy) is 3. The molecule has 4 rings (SSSR count). The third-order valence-electron chi connectivity index (χ3n) is 5.03. The van der Waals surface area contributed by atoms with Crippen molar-refractivity contribution >= 4 is 27.6 Å². The summed E-state index contributed by atoms with van der Waals surface area (Å²) in [6.07, 6.45) is 0. The molecule has 11 nitrogen and oxygen atoms in total. The summed E-state index contributed by atoms with van der Waals surface area (Å²) in [4.78, 5) is 13.0. The molecule has 36 heavy (non-hydrogen) atoms. The van der Waals surface area contributed by atoms with Gasteiger partial charge in [-0.15, -0.1) is 5.10 Å². The number of hydrogen-bond donors (Lipinski definition) is 2. The molecule has 0 aliphatic rings. The molecule has 0 atom stereocenters. The van der Waals surface area contributed by atoms with E-state index >= 15 is 0 Å². The number of benzene rings is 3. The molecule has 0 spiro atoms. The van der Waals surface area contributed by atoms with E-state index in [-0.39, 0.29) is 28.1 Å². The molecule has 1 heterocycles. The molecule has 0 unspecified atom stereocenters. The van der Waals surface area contributed by atoms with Crippen LogP contribution >= 0.6 is 0 Å². The first-order valence-electron chi connectivity index (χ1n) is 10.5. The molecule has 4 aromatic rings. The zero-order chi connectivity index (χ0) is 25.7. The molecule has 3 aromatic carbocycles. The zero-order valence-corrected chi connectivity index (χ0v) is 20.3. The summed E-state index contributed by atoms with van der Waals surface area (Å²) in [7, 11) is 0.534. The van der Waals surface area contributed by atoms with Crippen molar-refractivity contribution in [2.24, 2.45) is 0 Å². The number of methoxy groups -OCH3 is 3. The van der Waals surface area contributed by atoms with Crippen molar-refractivity contribution in [2.75, 3.05) is 31.4 Å². The Labute approximate surface area is 207 Å². The van der Waals surface area contributed by atoms with E-state index in [1.165, 1.54) is 57.7 Å². The Balaban J connectivity index is 1.54. The van der Waals surface area contributed by atoms with E-state index < -0.39 is 15.9 Å². The van der Waals surface area contributed by atoms with Crippen LogP contribution in [-0.4, -0.2) is 45.9 Å². The van der Waals surface area contributed by atoms with Crippen LogP contribution in [0.5, 0.6) is 17.2 Å². The predicted molar refractivity (Wildman–Crippen MR) is 131 cm³/mol. The van der Waals surface area contributed by atoms with E-state index in [9.17, 15) is 13.2 Å². The van der Waals surface area contributed by atoms with Gasteiger partial charge in [-0.05, 0) is 48.5 Å². The van der Waals surface area contributed by atoms with Crippen LogP contribution in [0.1, 0.15) is 10.4 Å². The fraction of sp³-hybridized carbons (Fsp3) is 0.125. The Morgan fingerprint density at radius 1 is 0.833 bits per heavy atom. The highest BCUT2D eigenvalue weighted by Gasteiger charge is 2.20. The smallest absolute Gasteiger partial charge is 0.322 e. The Morgan fingerprint density at radius 2 is 1.47 bits per heavy atom. The van der Waals surface area contributed by atoms with Crippen molar-refractivity contribution < 1.29 is 31.8 Å². The van der Waals surface area contributed by atoms with Crippen molar-refractivity contribution in [3.8, 4) is 28.7 Å². The lowest BCUT2D eigenvalue weighted by atomic mass is 10.2. The zero-order valence-electron chi connectivity index (χ0n) is 19.5. The predicted octanol–water partition coefficient (Wildman–Crippen LogP) is 3.82. The van der Waals surface area contributed by atoms with Gasteiger partial charge in [0.25, 0.3) is 15.9 Å². The maximum atomic E-state index is 13.0. The van der Waals surface area contributed by atoms with Crippen molar-refractivity contribution in [1.82, 2.24) is 10.2 Å². The molecule has 12 heteroatoms. The number of sulfonamides is 1. The normalized spacial score (nSPS) is 11.0.